The zero-order chi connectivity index (χ0) is 17.7. The third-order valence-corrected chi connectivity index (χ3v) is 9.14. The van der Waals surface area contributed by atoms with Crippen LogP contribution in [-0.4, -0.2) is 10.9 Å². The molecule has 2 nitrogen and oxygen atoms in total. The molecule has 0 aromatic carbocycles. The highest BCUT2D eigenvalue weighted by Gasteiger charge is 2.54. The van der Waals surface area contributed by atoms with E-state index in [-0.39, 0.29) is 5.92 Å². The number of carbonyl (C=O) groups is 1. The van der Waals surface area contributed by atoms with Gasteiger partial charge in [0.15, 0.2) is 5.78 Å². The maximum atomic E-state index is 13.2. The van der Waals surface area contributed by atoms with Gasteiger partial charge in [0.2, 0.25) is 0 Å². The predicted molar refractivity (Wildman–Crippen MR) is 104 cm³/mol. The summed E-state index contributed by atoms with van der Waals surface area (Å²) >= 11 is 0. The van der Waals surface area contributed by atoms with Crippen molar-refractivity contribution >= 4 is 5.78 Å². The fraction of sp³-hybridized carbons (Fsp3) is 0.875. The topological polar surface area (TPSA) is 37.3 Å². The Morgan fingerprint density at radius 1 is 0.615 bits per heavy atom. The summed E-state index contributed by atoms with van der Waals surface area (Å²) in [6.07, 6.45) is 18.4. The second-order valence-electron chi connectivity index (χ2n) is 10.2. The zero-order valence-corrected chi connectivity index (χ0v) is 16.3. The molecule has 4 fully saturated rings. The lowest BCUT2D eigenvalue weighted by Gasteiger charge is -2.39. The summed E-state index contributed by atoms with van der Waals surface area (Å²) < 4.78 is 0. The predicted octanol–water partition coefficient (Wildman–Crippen LogP) is 6.21. The molecule has 5 aliphatic carbocycles. The van der Waals surface area contributed by atoms with Gasteiger partial charge < -0.3 is 5.11 Å². The number of hydrogen-bond acceptors (Lipinski definition) is 2. The summed E-state index contributed by atoms with van der Waals surface area (Å²) in [5.74, 6) is 4.74. The SMILES string of the molecule is O=C1C(C2CCC3CCCCCC32)=C(O)C1C1CCC2CCCCCC21. The quantitative estimate of drug-likeness (QED) is 0.638. The third-order valence-electron chi connectivity index (χ3n) is 9.14. The van der Waals surface area contributed by atoms with Gasteiger partial charge in [0.25, 0.3) is 0 Å². The average Bonchev–Trinajstić information content (AvgIpc) is 3.01. The standard InChI is InChI=1S/C24H36O2/c25-23-21(19-13-11-15-7-3-1-5-9-17(15)19)24(26)22(23)20-14-12-16-8-4-2-6-10-18(16)20/h15-21,25H,1-14H2. The second kappa shape index (κ2) is 6.99. The largest absolute Gasteiger partial charge is 0.511 e. The van der Waals surface area contributed by atoms with Gasteiger partial charge in [0.05, 0.1) is 5.92 Å². The highest BCUT2D eigenvalue weighted by molar-refractivity contribution is 6.06. The van der Waals surface area contributed by atoms with Crippen molar-refractivity contribution in [2.75, 3.05) is 0 Å². The zero-order valence-electron chi connectivity index (χ0n) is 16.3. The van der Waals surface area contributed by atoms with Gasteiger partial charge in [-0.3, -0.25) is 4.79 Å². The molecule has 0 spiro atoms. The summed E-state index contributed by atoms with van der Waals surface area (Å²) in [5.41, 5.74) is 0.904. The van der Waals surface area contributed by atoms with Crippen molar-refractivity contribution in [2.24, 2.45) is 41.4 Å². The number of hydrogen-bond donors (Lipinski definition) is 1. The third kappa shape index (κ3) is 2.69. The van der Waals surface area contributed by atoms with Crippen LogP contribution in [0.1, 0.15) is 89.9 Å². The van der Waals surface area contributed by atoms with E-state index in [9.17, 15) is 9.90 Å². The molecule has 0 aromatic rings. The molecule has 0 aliphatic heterocycles. The van der Waals surface area contributed by atoms with Crippen LogP contribution in [0.25, 0.3) is 0 Å². The molecule has 0 radical (unpaired) electrons. The minimum absolute atomic E-state index is 0.108. The number of aliphatic hydroxyl groups excluding tert-OH is 1. The molecule has 4 saturated carbocycles. The van der Waals surface area contributed by atoms with Gasteiger partial charge in [-0.05, 0) is 74.0 Å². The maximum Gasteiger partial charge on any atom is 0.173 e. The van der Waals surface area contributed by atoms with E-state index in [0.717, 1.165) is 23.8 Å². The summed E-state index contributed by atoms with van der Waals surface area (Å²) in [4.78, 5) is 13.2. The van der Waals surface area contributed by atoms with Crippen LogP contribution in [0.15, 0.2) is 11.3 Å². The number of aliphatic hydroxyl groups is 1. The van der Waals surface area contributed by atoms with E-state index in [1.807, 2.05) is 0 Å². The van der Waals surface area contributed by atoms with Crippen LogP contribution in [0.4, 0.5) is 0 Å². The minimum Gasteiger partial charge on any atom is -0.511 e. The van der Waals surface area contributed by atoms with Crippen molar-refractivity contribution in [3.63, 3.8) is 0 Å². The molecule has 0 aromatic heterocycles. The second-order valence-corrected chi connectivity index (χ2v) is 10.2. The van der Waals surface area contributed by atoms with Crippen molar-refractivity contribution in [1.29, 1.82) is 0 Å². The summed E-state index contributed by atoms with van der Waals surface area (Å²) in [6, 6.07) is 0. The van der Waals surface area contributed by atoms with Gasteiger partial charge in [0.1, 0.15) is 5.76 Å². The molecule has 7 atom stereocenters. The maximum absolute atomic E-state index is 13.2. The molecule has 0 bridgehead atoms. The van der Waals surface area contributed by atoms with Crippen LogP contribution in [0.3, 0.4) is 0 Å². The van der Waals surface area contributed by atoms with E-state index in [1.54, 1.807) is 0 Å². The Bertz CT molecular complexity index is 591. The number of allylic oxidation sites excluding steroid dienone is 2. The molecule has 2 heteroatoms. The number of carbonyl (C=O) groups excluding carboxylic acids is 1. The molecule has 0 heterocycles. The molecule has 7 unspecified atom stereocenters. The summed E-state index contributed by atoms with van der Waals surface area (Å²) in [6.45, 7) is 0. The Hall–Kier alpha value is -0.790. The number of Topliss-reactive ketones (excluding diaryl/α,β-unsaturated/α-hetero) is 1. The number of fused-ring (bicyclic) bond motifs is 2. The Balaban J connectivity index is 1.35. The summed E-state index contributed by atoms with van der Waals surface area (Å²) in [7, 11) is 0. The van der Waals surface area contributed by atoms with Gasteiger partial charge >= 0.3 is 0 Å². The molecular formula is C24H36O2. The smallest absolute Gasteiger partial charge is 0.173 e. The molecule has 0 amide bonds. The van der Waals surface area contributed by atoms with E-state index < -0.39 is 0 Å². The van der Waals surface area contributed by atoms with E-state index in [0.29, 0.717) is 35.2 Å². The molecule has 144 valence electrons. The van der Waals surface area contributed by atoms with E-state index in [1.165, 1.54) is 83.5 Å². The molecule has 5 aliphatic rings. The molecule has 26 heavy (non-hydrogen) atoms. The van der Waals surface area contributed by atoms with Crippen LogP contribution >= 0.6 is 0 Å². The van der Waals surface area contributed by atoms with Gasteiger partial charge in [-0.15, -0.1) is 0 Å². The highest BCUT2D eigenvalue weighted by Crippen LogP contribution is 2.56. The van der Waals surface area contributed by atoms with E-state index in [2.05, 4.69) is 0 Å². The average molecular weight is 357 g/mol. The van der Waals surface area contributed by atoms with Crippen molar-refractivity contribution in [1.82, 2.24) is 0 Å². The molecule has 5 rings (SSSR count). The first-order valence-electron chi connectivity index (χ1n) is 11.7. The molecule has 0 saturated heterocycles. The first-order valence-corrected chi connectivity index (χ1v) is 11.7. The van der Waals surface area contributed by atoms with Gasteiger partial charge in [-0.1, -0.05) is 51.4 Å². The van der Waals surface area contributed by atoms with Crippen molar-refractivity contribution in [2.45, 2.75) is 89.9 Å². The summed E-state index contributed by atoms with van der Waals surface area (Å²) in [5, 5.41) is 11.0. The van der Waals surface area contributed by atoms with E-state index in [4.69, 9.17) is 0 Å². The number of ketones is 1. The minimum atomic E-state index is -0.108. The highest BCUT2D eigenvalue weighted by atomic mass is 16.3. The van der Waals surface area contributed by atoms with Gasteiger partial charge in [0, 0.05) is 5.57 Å². The van der Waals surface area contributed by atoms with E-state index >= 15 is 0 Å². The fourth-order valence-corrected chi connectivity index (χ4v) is 7.91. The molecule has 1 N–H and O–H groups in total. The van der Waals surface area contributed by atoms with Crippen molar-refractivity contribution in [3.05, 3.63) is 11.3 Å². The lowest BCUT2D eigenvalue weighted by atomic mass is 9.64. The van der Waals surface area contributed by atoms with Crippen LogP contribution in [0, 0.1) is 41.4 Å². The van der Waals surface area contributed by atoms with Crippen LogP contribution < -0.4 is 0 Å². The number of rotatable bonds is 2. The normalized spacial score (nSPS) is 46.3. The van der Waals surface area contributed by atoms with Crippen LogP contribution in [0.2, 0.25) is 0 Å². The van der Waals surface area contributed by atoms with Crippen LogP contribution in [-0.2, 0) is 4.79 Å². The van der Waals surface area contributed by atoms with Crippen molar-refractivity contribution < 1.29 is 9.90 Å². The van der Waals surface area contributed by atoms with Crippen LogP contribution in [0.5, 0.6) is 0 Å². The first-order chi connectivity index (χ1) is 12.8. The van der Waals surface area contributed by atoms with Gasteiger partial charge in [-0.25, -0.2) is 0 Å². The lowest BCUT2D eigenvalue weighted by Crippen LogP contribution is -2.42. The molecular weight excluding hydrogens is 320 g/mol. The Morgan fingerprint density at radius 2 is 1.23 bits per heavy atom. The van der Waals surface area contributed by atoms with Gasteiger partial charge in [-0.2, -0.15) is 0 Å². The Kier molecular flexibility index (Phi) is 4.65. The fourth-order valence-electron chi connectivity index (χ4n) is 7.91. The monoisotopic (exact) mass is 356 g/mol. The van der Waals surface area contributed by atoms with Crippen molar-refractivity contribution in [3.8, 4) is 0 Å². The Labute approximate surface area is 158 Å². The first kappa shape index (κ1) is 17.3. The lowest BCUT2D eigenvalue weighted by molar-refractivity contribution is -0.125. The Morgan fingerprint density at radius 3 is 1.96 bits per heavy atom.